The second kappa shape index (κ2) is 5.76. The summed E-state index contributed by atoms with van der Waals surface area (Å²) < 4.78 is 24.5. The maximum Gasteiger partial charge on any atom is 0.240 e. The van der Waals surface area contributed by atoms with E-state index in [2.05, 4.69) is 4.72 Å². The Bertz CT molecular complexity index is 465. The molecule has 1 N–H and O–H groups in total. The first-order valence-corrected chi connectivity index (χ1v) is 7.45. The minimum absolute atomic E-state index is 0.0761. The van der Waals surface area contributed by atoms with Crippen LogP contribution in [0.1, 0.15) is 12.0 Å². The molecular weight excluding hydrogens is 305 g/mol. The van der Waals surface area contributed by atoms with Gasteiger partial charge in [-0.15, -0.1) is 0 Å². The van der Waals surface area contributed by atoms with Crippen molar-refractivity contribution in [3.8, 4) is 0 Å². The molecule has 1 aromatic carbocycles. The van der Waals surface area contributed by atoms with E-state index < -0.39 is 13.8 Å². The van der Waals surface area contributed by atoms with Gasteiger partial charge in [0.25, 0.3) is 0 Å². The van der Waals surface area contributed by atoms with E-state index in [0.717, 1.165) is 5.56 Å². The van der Waals surface area contributed by atoms with Gasteiger partial charge in [-0.25, -0.2) is 13.1 Å². The molecule has 0 radical (unpaired) electrons. The summed E-state index contributed by atoms with van der Waals surface area (Å²) in [5.41, 5.74) is 0.991. The van der Waals surface area contributed by atoms with Crippen molar-refractivity contribution < 1.29 is 8.42 Å². The van der Waals surface area contributed by atoms with Gasteiger partial charge in [0.05, 0.1) is 4.90 Å². The molecule has 0 atom stereocenters. The number of rotatable bonds is 4. The molecule has 0 unspecified atom stereocenters. The van der Waals surface area contributed by atoms with Crippen molar-refractivity contribution in [1.29, 1.82) is 0 Å². The molecule has 0 saturated carbocycles. The molecule has 1 rings (SSSR count). The van der Waals surface area contributed by atoms with Crippen LogP contribution in [0.5, 0.6) is 0 Å². The first-order valence-electron chi connectivity index (χ1n) is 4.84. The van der Waals surface area contributed by atoms with Gasteiger partial charge in [-0.3, -0.25) is 0 Å². The minimum atomic E-state index is -3.53. The normalized spacial score (nSPS) is 12.7. The number of hydrogen-bond acceptors (Lipinski definition) is 2. The largest absolute Gasteiger partial charge is 0.240 e. The van der Waals surface area contributed by atoms with Crippen LogP contribution in [0, 0.1) is 6.92 Å². The third-order valence-corrected chi connectivity index (χ3v) is 4.08. The minimum Gasteiger partial charge on any atom is -0.211 e. The van der Waals surface area contributed by atoms with Gasteiger partial charge in [0.15, 0.2) is 3.79 Å². The quantitative estimate of drug-likeness (QED) is 0.868. The van der Waals surface area contributed by atoms with Gasteiger partial charge < -0.3 is 0 Å². The highest BCUT2D eigenvalue weighted by Gasteiger charge is 2.21. The standard InChI is InChI=1S/C10H12Cl3NO2S/c1-8-2-4-9(5-3-8)17(15,16)14-7-6-10(11,12)13/h2-5,14H,6-7H2,1H3. The fourth-order valence-corrected chi connectivity index (χ4v) is 2.44. The van der Waals surface area contributed by atoms with Crippen LogP contribution < -0.4 is 4.72 Å². The Morgan fingerprint density at radius 2 is 1.71 bits per heavy atom. The van der Waals surface area contributed by atoms with Crippen molar-refractivity contribution >= 4 is 44.8 Å². The molecule has 0 spiro atoms. The number of alkyl halides is 3. The van der Waals surface area contributed by atoms with E-state index in [9.17, 15) is 8.42 Å². The van der Waals surface area contributed by atoms with E-state index in [1.807, 2.05) is 6.92 Å². The zero-order valence-corrected chi connectivity index (χ0v) is 12.2. The van der Waals surface area contributed by atoms with Crippen molar-refractivity contribution in [3.63, 3.8) is 0 Å². The predicted octanol–water partition coefficient (Wildman–Crippen LogP) is 3.03. The van der Waals surface area contributed by atoms with E-state index in [4.69, 9.17) is 34.8 Å². The van der Waals surface area contributed by atoms with Gasteiger partial charge in [-0.1, -0.05) is 52.5 Å². The summed E-state index contributed by atoms with van der Waals surface area (Å²) in [4.78, 5) is 0.201. The number of sulfonamides is 1. The summed E-state index contributed by atoms with van der Waals surface area (Å²) in [6.45, 7) is 1.96. The molecule has 0 fully saturated rings. The molecule has 3 nitrogen and oxygen atoms in total. The summed E-state index contributed by atoms with van der Waals surface area (Å²) in [7, 11) is -3.53. The lowest BCUT2D eigenvalue weighted by Crippen LogP contribution is -2.27. The second-order valence-corrected chi connectivity index (χ2v) is 7.86. The lowest BCUT2D eigenvalue weighted by molar-refractivity contribution is 0.579. The molecule has 0 bridgehead atoms. The fraction of sp³-hybridized carbons (Fsp3) is 0.400. The van der Waals surface area contributed by atoms with E-state index in [-0.39, 0.29) is 17.9 Å². The molecule has 17 heavy (non-hydrogen) atoms. The molecule has 0 aliphatic heterocycles. The van der Waals surface area contributed by atoms with Crippen LogP contribution >= 0.6 is 34.8 Å². The van der Waals surface area contributed by atoms with E-state index >= 15 is 0 Å². The Kier molecular flexibility index (Phi) is 5.10. The van der Waals surface area contributed by atoms with Crippen LogP contribution in [0.15, 0.2) is 29.2 Å². The van der Waals surface area contributed by atoms with Crippen LogP contribution in [0.25, 0.3) is 0 Å². The Morgan fingerprint density at radius 3 is 2.18 bits per heavy atom. The summed E-state index contributed by atoms with van der Waals surface area (Å²) in [5, 5.41) is 0. The first kappa shape index (κ1) is 15.1. The summed E-state index contributed by atoms with van der Waals surface area (Å²) in [5.74, 6) is 0. The smallest absolute Gasteiger partial charge is 0.211 e. The molecule has 7 heteroatoms. The van der Waals surface area contributed by atoms with Gasteiger partial charge >= 0.3 is 0 Å². The molecule has 0 aromatic heterocycles. The number of aryl methyl sites for hydroxylation is 1. The number of nitrogens with one attached hydrogen (secondary N) is 1. The molecule has 0 aliphatic rings. The molecule has 0 aliphatic carbocycles. The third kappa shape index (κ3) is 5.44. The van der Waals surface area contributed by atoms with Crippen molar-refractivity contribution in [1.82, 2.24) is 4.72 Å². The molecule has 96 valence electrons. The molecular formula is C10H12Cl3NO2S. The zero-order chi connectivity index (χ0) is 13.1. The Labute approximate surface area is 116 Å². The third-order valence-electron chi connectivity index (χ3n) is 2.03. The van der Waals surface area contributed by atoms with Gasteiger partial charge in [0, 0.05) is 13.0 Å². The van der Waals surface area contributed by atoms with Crippen molar-refractivity contribution in [2.75, 3.05) is 6.54 Å². The van der Waals surface area contributed by atoms with Crippen molar-refractivity contribution in [2.45, 2.75) is 22.0 Å². The zero-order valence-electron chi connectivity index (χ0n) is 9.08. The molecule has 0 amide bonds. The lowest BCUT2D eigenvalue weighted by atomic mass is 10.2. The average molecular weight is 317 g/mol. The maximum atomic E-state index is 11.8. The maximum absolute atomic E-state index is 11.8. The topological polar surface area (TPSA) is 46.2 Å². The number of benzene rings is 1. The molecule has 1 aromatic rings. The second-order valence-electron chi connectivity index (χ2n) is 3.58. The SMILES string of the molecule is Cc1ccc(S(=O)(=O)NCCC(Cl)(Cl)Cl)cc1. The summed E-state index contributed by atoms with van der Waals surface area (Å²) >= 11 is 16.6. The van der Waals surface area contributed by atoms with Gasteiger partial charge in [0.2, 0.25) is 10.0 Å². The van der Waals surface area contributed by atoms with Crippen LogP contribution in [-0.2, 0) is 10.0 Å². The van der Waals surface area contributed by atoms with Crippen LogP contribution in [-0.4, -0.2) is 18.8 Å². The van der Waals surface area contributed by atoms with E-state index in [1.165, 1.54) is 12.1 Å². The average Bonchev–Trinajstić information content (AvgIpc) is 2.15. The Morgan fingerprint density at radius 1 is 1.18 bits per heavy atom. The number of hydrogen-bond donors (Lipinski definition) is 1. The summed E-state index contributed by atoms with van der Waals surface area (Å²) in [6.07, 6.45) is 0.114. The van der Waals surface area contributed by atoms with Crippen LogP contribution in [0.2, 0.25) is 0 Å². The highest BCUT2D eigenvalue weighted by Crippen LogP contribution is 2.29. The fourth-order valence-electron chi connectivity index (χ4n) is 1.13. The summed E-state index contributed by atoms with van der Waals surface area (Å²) in [6, 6.07) is 6.52. The Balaban J connectivity index is 2.66. The van der Waals surface area contributed by atoms with Gasteiger partial charge in [-0.2, -0.15) is 0 Å². The van der Waals surface area contributed by atoms with Crippen molar-refractivity contribution in [3.05, 3.63) is 29.8 Å². The van der Waals surface area contributed by atoms with E-state index in [0.29, 0.717) is 0 Å². The monoisotopic (exact) mass is 315 g/mol. The highest BCUT2D eigenvalue weighted by atomic mass is 35.6. The molecule has 0 saturated heterocycles. The van der Waals surface area contributed by atoms with Gasteiger partial charge in [0.1, 0.15) is 0 Å². The lowest BCUT2D eigenvalue weighted by Gasteiger charge is -2.11. The van der Waals surface area contributed by atoms with Crippen LogP contribution in [0.3, 0.4) is 0 Å². The van der Waals surface area contributed by atoms with E-state index in [1.54, 1.807) is 12.1 Å². The highest BCUT2D eigenvalue weighted by molar-refractivity contribution is 7.89. The number of halogens is 3. The Hall–Kier alpha value is -0.000000000000000167. The van der Waals surface area contributed by atoms with Gasteiger partial charge in [-0.05, 0) is 19.1 Å². The van der Waals surface area contributed by atoms with Crippen molar-refractivity contribution in [2.24, 2.45) is 0 Å². The first-order chi connectivity index (χ1) is 7.71. The molecule has 0 heterocycles. The van der Waals surface area contributed by atoms with Crippen LogP contribution in [0.4, 0.5) is 0 Å². The predicted molar refractivity (Wildman–Crippen MR) is 71.3 cm³/mol.